The van der Waals surface area contributed by atoms with Gasteiger partial charge in [0.15, 0.2) is 5.13 Å². The molecule has 1 heterocycles. The molecule has 20 heavy (non-hydrogen) atoms. The van der Waals surface area contributed by atoms with Crippen LogP contribution in [0.1, 0.15) is 5.56 Å². The van der Waals surface area contributed by atoms with Crippen LogP contribution >= 0.6 is 11.3 Å². The highest BCUT2D eigenvalue weighted by Gasteiger charge is 2.10. The molecule has 1 aromatic heterocycles. The number of aromatic nitrogens is 1. The smallest absolute Gasteiger partial charge is 0.180 e. The van der Waals surface area contributed by atoms with Crippen LogP contribution in [0.2, 0.25) is 0 Å². The molecule has 4 heteroatoms. The Bertz CT molecular complexity index is 765. The van der Waals surface area contributed by atoms with Crippen LogP contribution in [0, 0.1) is 12.7 Å². The number of anilines is 1. The molecule has 0 amide bonds. The summed E-state index contributed by atoms with van der Waals surface area (Å²) in [4.78, 5) is 4.12. The van der Waals surface area contributed by atoms with Crippen LogP contribution in [0.5, 0.6) is 0 Å². The fourth-order valence-electron chi connectivity index (χ4n) is 2.20. The molecule has 0 bridgehead atoms. The molecule has 0 radical (unpaired) electrons. The van der Waals surface area contributed by atoms with E-state index in [-0.39, 0.29) is 5.82 Å². The zero-order chi connectivity index (χ0) is 14.1. The van der Waals surface area contributed by atoms with Gasteiger partial charge in [-0.2, -0.15) is 0 Å². The van der Waals surface area contributed by atoms with E-state index in [0.29, 0.717) is 16.4 Å². The molecule has 100 valence electrons. The van der Waals surface area contributed by atoms with Crippen LogP contribution in [-0.4, -0.2) is 4.98 Å². The SMILES string of the molecule is Cc1ccccc1-c1ccc(-c2csc(N)n2)c(F)c1. The van der Waals surface area contributed by atoms with Crippen molar-refractivity contribution in [2.45, 2.75) is 6.92 Å². The largest absolute Gasteiger partial charge is 0.375 e. The van der Waals surface area contributed by atoms with E-state index in [0.717, 1.165) is 16.7 Å². The van der Waals surface area contributed by atoms with E-state index in [9.17, 15) is 4.39 Å². The number of nitrogen functional groups attached to an aromatic ring is 1. The zero-order valence-corrected chi connectivity index (χ0v) is 11.7. The van der Waals surface area contributed by atoms with Crippen molar-refractivity contribution in [3.63, 3.8) is 0 Å². The van der Waals surface area contributed by atoms with E-state index in [2.05, 4.69) is 4.98 Å². The van der Waals surface area contributed by atoms with Crippen molar-refractivity contribution in [3.05, 3.63) is 59.2 Å². The van der Waals surface area contributed by atoms with Crippen LogP contribution < -0.4 is 5.73 Å². The first-order chi connectivity index (χ1) is 9.65. The topological polar surface area (TPSA) is 38.9 Å². The van der Waals surface area contributed by atoms with Gasteiger partial charge in [0.1, 0.15) is 5.82 Å². The maximum Gasteiger partial charge on any atom is 0.180 e. The molecule has 0 fully saturated rings. The van der Waals surface area contributed by atoms with E-state index in [1.807, 2.05) is 37.3 Å². The molecule has 0 aliphatic rings. The van der Waals surface area contributed by atoms with Gasteiger partial charge in [-0.15, -0.1) is 11.3 Å². The van der Waals surface area contributed by atoms with Crippen molar-refractivity contribution < 1.29 is 4.39 Å². The molecule has 0 atom stereocenters. The Morgan fingerprint density at radius 2 is 1.90 bits per heavy atom. The van der Waals surface area contributed by atoms with Crippen molar-refractivity contribution in [1.29, 1.82) is 0 Å². The van der Waals surface area contributed by atoms with E-state index < -0.39 is 0 Å². The summed E-state index contributed by atoms with van der Waals surface area (Å²) < 4.78 is 14.3. The minimum atomic E-state index is -0.281. The number of hydrogen-bond donors (Lipinski definition) is 1. The molecule has 3 aromatic rings. The molecule has 2 N–H and O–H groups in total. The van der Waals surface area contributed by atoms with Crippen LogP contribution in [0.3, 0.4) is 0 Å². The first-order valence-electron chi connectivity index (χ1n) is 6.22. The molecule has 3 rings (SSSR count). The second-order valence-corrected chi connectivity index (χ2v) is 5.47. The minimum Gasteiger partial charge on any atom is -0.375 e. The second-order valence-electron chi connectivity index (χ2n) is 4.58. The van der Waals surface area contributed by atoms with Gasteiger partial charge < -0.3 is 5.73 Å². The predicted molar refractivity (Wildman–Crippen MR) is 82.1 cm³/mol. The lowest BCUT2D eigenvalue weighted by Gasteiger charge is -2.07. The average Bonchev–Trinajstić information content (AvgIpc) is 2.85. The molecule has 0 aliphatic carbocycles. The van der Waals surface area contributed by atoms with Gasteiger partial charge in [0.25, 0.3) is 0 Å². The Labute approximate surface area is 120 Å². The first kappa shape index (κ1) is 12.8. The van der Waals surface area contributed by atoms with Crippen molar-refractivity contribution in [2.24, 2.45) is 0 Å². The monoisotopic (exact) mass is 284 g/mol. The Kier molecular flexibility index (Phi) is 3.24. The number of nitrogens with zero attached hydrogens (tertiary/aromatic N) is 1. The van der Waals surface area contributed by atoms with E-state index in [1.54, 1.807) is 17.5 Å². The Balaban J connectivity index is 2.06. The molecule has 0 saturated carbocycles. The van der Waals surface area contributed by atoms with Crippen LogP contribution in [0.25, 0.3) is 22.4 Å². The van der Waals surface area contributed by atoms with Crippen molar-refractivity contribution in [2.75, 3.05) is 5.73 Å². The van der Waals surface area contributed by atoms with Gasteiger partial charge in [-0.3, -0.25) is 0 Å². The number of benzene rings is 2. The van der Waals surface area contributed by atoms with Crippen LogP contribution in [0.4, 0.5) is 9.52 Å². The number of aryl methyl sites for hydroxylation is 1. The van der Waals surface area contributed by atoms with Crippen molar-refractivity contribution in [3.8, 4) is 22.4 Å². The summed E-state index contributed by atoms with van der Waals surface area (Å²) in [6.45, 7) is 2.02. The third-order valence-electron chi connectivity index (χ3n) is 3.22. The number of rotatable bonds is 2. The van der Waals surface area contributed by atoms with Gasteiger partial charge in [-0.1, -0.05) is 30.3 Å². The Morgan fingerprint density at radius 1 is 1.10 bits per heavy atom. The quantitative estimate of drug-likeness (QED) is 0.752. The lowest BCUT2D eigenvalue weighted by atomic mass is 9.99. The van der Waals surface area contributed by atoms with Gasteiger partial charge in [0, 0.05) is 10.9 Å². The first-order valence-corrected chi connectivity index (χ1v) is 7.10. The number of thiazole rings is 1. The highest BCUT2D eigenvalue weighted by atomic mass is 32.1. The highest BCUT2D eigenvalue weighted by Crippen LogP contribution is 2.30. The van der Waals surface area contributed by atoms with Crippen molar-refractivity contribution in [1.82, 2.24) is 4.98 Å². The van der Waals surface area contributed by atoms with Crippen LogP contribution in [-0.2, 0) is 0 Å². The maximum atomic E-state index is 14.3. The molecule has 2 nitrogen and oxygen atoms in total. The third-order valence-corrected chi connectivity index (χ3v) is 3.90. The summed E-state index contributed by atoms with van der Waals surface area (Å²) in [5.41, 5.74) is 9.69. The molecule has 0 spiro atoms. The molecular weight excluding hydrogens is 271 g/mol. The summed E-state index contributed by atoms with van der Waals surface area (Å²) >= 11 is 1.31. The molecular formula is C16H13FN2S. The van der Waals surface area contributed by atoms with Gasteiger partial charge in [-0.25, -0.2) is 9.37 Å². The average molecular weight is 284 g/mol. The van der Waals surface area contributed by atoms with Gasteiger partial charge in [0.05, 0.1) is 5.69 Å². The van der Waals surface area contributed by atoms with Gasteiger partial charge >= 0.3 is 0 Å². The molecule has 2 aromatic carbocycles. The van der Waals surface area contributed by atoms with E-state index >= 15 is 0 Å². The van der Waals surface area contributed by atoms with Gasteiger partial charge in [0.2, 0.25) is 0 Å². The summed E-state index contributed by atoms with van der Waals surface area (Å²) in [6.07, 6.45) is 0. The van der Waals surface area contributed by atoms with E-state index in [4.69, 9.17) is 5.73 Å². The third kappa shape index (κ3) is 2.30. The summed E-state index contributed by atoms with van der Waals surface area (Å²) in [5.74, 6) is -0.281. The second kappa shape index (κ2) is 5.06. The number of halogens is 1. The molecule has 0 aliphatic heterocycles. The fourth-order valence-corrected chi connectivity index (χ4v) is 2.76. The summed E-state index contributed by atoms with van der Waals surface area (Å²) in [5, 5.41) is 2.21. The number of hydrogen-bond acceptors (Lipinski definition) is 3. The lowest BCUT2D eigenvalue weighted by molar-refractivity contribution is 0.631. The summed E-state index contributed by atoms with van der Waals surface area (Å²) in [7, 11) is 0. The minimum absolute atomic E-state index is 0.281. The molecule has 0 unspecified atom stereocenters. The van der Waals surface area contributed by atoms with Crippen molar-refractivity contribution >= 4 is 16.5 Å². The summed E-state index contributed by atoms with van der Waals surface area (Å²) in [6, 6.07) is 13.2. The predicted octanol–water partition coefficient (Wildman–Crippen LogP) is 4.51. The fraction of sp³-hybridized carbons (Fsp3) is 0.0625. The van der Waals surface area contributed by atoms with E-state index in [1.165, 1.54) is 11.3 Å². The highest BCUT2D eigenvalue weighted by molar-refractivity contribution is 7.13. The zero-order valence-electron chi connectivity index (χ0n) is 10.9. The lowest BCUT2D eigenvalue weighted by Crippen LogP contribution is -1.89. The van der Waals surface area contributed by atoms with Crippen LogP contribution in [0.15, 0.2) is 47.8 Å². The standard InChI is InChI=1S/C16H13FN2S/c1-10-4-2-3-5-12(10)11-6-7-13(14(17)8-11)15-9-20-16(18)19-15/h2-9H,1H3,(H2,18,19). The number of nitrogens with two attached hydrogens (primary N) is 1. The Hall–Kier alpha value is -2.20. The normalized spacial score (nSPS) is 10.7. The van der Waals surface area contributed by atoms with Gasteiger partial charge in [-0.05, 0) is 35.7 Å². The maximum absolute atomic E-state index is 14.3. The Morgan fingerprint density at radius 3 is 2.55 bits per heavy atom. The molecule has 0 saturated heterocycles.